The van der Waals surface area contributed by atoms with E-state index in [2.05, 4.69) is 20.2 Å². The lowest BCUT2D eigenvalue weighted by atomic mass is 10.1. The van der Waals surface area contributed by atoms with E-state index < -0.39 is 9.84 Å². The number of nitrogens with zero attached hydrogens (tertiary/aromatic N) is 3. The number of fused-ring (bicyclic) bond motifs is 1. The Morgan fingerprint density at radius 1 is 1.24 bits per heavy atom. The minimum Gasteiger partial charge on any atom is -0.494 e. The van der Waals surface area contributed by atoms with Gasteiger partial charge in [-0.1, -0.05) is 12.1 Å². The Kier molecular flexibility index (Phi) is 3.09. The van der Waals surface area contributed by atoms with Gasteiger partial charge in [-0.05, 0) is 12.1 Å². The van der Waals surface area contributed by atoms with Crippen molar-refractivity contribution < 1.29 is 13.2 Å². The minimum atomic E-state index is -3.47. The van der Waals surface area contributed by atoms with Crippen LogP contribution in [0.5, 0.6) is 5.75 Å². The van der Waals surface area contributed by atoms with Crippen molar-refractivity contribution in [3.8, 4) is 17.1 Å². The smallest absolute Gasteiger partial charge is 0.247 e. The molecule has 3 aromatic rings. The number of aromatic amines is 1. The molecule has 0 aliphatic carbocycles. The van der Waals surface area contributed by atoms with E-state index >= 15 is 0 Å². The monoisotopic (exact) mass is 304 g/mol. The molecule has 1 N–H and O–H groups in total. The molecule has 0 radical (unpaired) electrons. The number of H-pyrrole nitrogens is 1. The fraction of sp³-hybridized carbons (Fsp3) is 0.154. The quantitative estimate of drug-likeness (QED) is 0.735. The molecule has 0 saturated carbocycles. The third-order valence-electron chi connectivity index (χ3n) is 2.99. The van der Waals surface area contributed by atoms with Crippen molar-refractivity contribution in [2.75, 3.05) is 13.4 Å². The van der Waals surface area contributed by atoms with Crippen LogP contribution in [-0.4, -0.2) is 41.9 Å². The third kappa shape index (κ3) is 2.33. The molecule has 0 atom stereocenters. The molecule has 2 heterocycles. The lowest BCUT2D eigenvalue weighted by Crippen LogP contribution is -2.04. The van der Waals surface area contributed by atoms with Gasteiger partial charge in [-0.2, -0.15) is 5.10 Å². The number of nitrogens with one attached hydrogen (secondary N) is 1. The van der Waals surface area contributed by atoms with E-state index in [1.54, 1.807) is 13.2 Å². The molecule has 8 heteroatoms. The first-order chi connectivity index (χ1) is 10.0. The maximum absolute atomic E-state index is 11.5. The normalized spacial score (nSPS) is 11.7. The molecule has 0 bridgehead atoms. The van der Waals surface area contributed by atoms with Gasteiger partial charge in [0.25, 0.3) is 0 Å². The van der Waals surface area contributed by atoms with E-state index in [1.807, 2.05) is 18.2 Å². The standard InChI is InChI=1S/C13H12N4O3S/c1-20-10-5-3-4-8-11(16-17-12(8)10)9-6-7-14-13(15-9)21(2,18)19/h3-7H,1-2H3,(H,16,17). The van der Waals surface area contributed by atoms with E-state index in [9.17, 15) is 8.42 Å². The molecule has 7 nitrogen and oxygen atoms in total. The molecule has 1 aromatic carbocycles. The number of methoxy groups -OCH3 is 1. The van der Waals surface area contributed by atoms with Crippen LogP contribution in [0.3, 0.4) is 0 Å². The molecule has 0 unspecified atom stereocenters. The van der Waals surface area contributed by atoms with Crippen LogP contribution in [0.2, 0.25) is 0 Å². The minimum absolute atomic E-state index is 0.223. The van der Waals surface area contributed by atoms with Crippen LogP contribution in [0.4, 0.5) is 0 Å². The molecular weight excluding hydrogens is 292 g/mol. The summed E-state index contributed by atoms with van der Waals surface area (Å²) in [7, 11) is -1.90. The van der Waals surface area contributed by atoms with Crippen molar-refractivity contribution in [1.82, 2.24) is 20.2 Å². The summed E-state index contributed by atoms with van der Waals surface area (Å²) in [6.07, 6.45) is 2.47. The molecule has 0 fully saturated rings. The van der Waals surface area contributed by atoms with Gasteiger partial charge in [0.2, 0.25) is 15.0 Å². The van der Waals surface area contributed by atoms with Crippen LogP contribution in [0, 0.1) is 0 Å². The summed E-state index contributed by atoms with van der Waals surface area (Å²) in [5, 5.41) is 7.66. The zero-order chi connectivity index (χ0) is 15.0. The molecule has 21 heavy (non-hydrogen) atoms. The highest BCUT2D eigenvalue weighted by molar-refractivity contribution is 7.90. The first-order valence-electron chi connectivity index (χ1n) is 6.05. The Hall–Kier alpha value is -2.48. The van der Waals surface area contributed by atoms with E-state index in [-0.39, 0.29) is 5.16 Å². The van der Waals surface area contributed by atoms with Gasteiger partial charge < -0.3 is 4.74 Å². The fourth-order valence-corrected chi connectivity index (χ4v) is 2.55. The number of ether oxygens (including phenoxy) is 1. The molecule has 3 rings (SSSR count). The lowest BCUT2D eigenvalue weighted by Gasteiger charge is -2.02. The second-order valence-electron chi connectivity index (χ2n) is 4.45. The number of sulfone groups is 1. The largest absolute Gasteiger partial charge is 0.494 e. The van der Waals surface area contributed by atoms with Gasteiger partial charge in [-0.3, -0.25) is 5.10 Å². The number of para-hydroxylation sites is 1. The Balaban J connectivity index is 2.22. The summed E-state index contributed by atoms with van der Waals surface area (Å²) in [5.41, 5.74) is 1.72. The molecule has 2 aromatic heterocycles. The van der Waals surface area contributed by atoms with Gasteiger partial charge in [0.15, 0.2) is 0 Å². The highest BCUT2D eigenvalue weighted by Crippen LogP contribution is 2.30. The second-order valence-corrected chi connectivity index (χ2v) is 6.36. The highest BCUT2D eigenvalue weighted by atomic mass is 32.2. The molecular formula is C13H12N4O3S. The topological polar surface area (TPSA) is 97.8 Å². The van der Waals surface area contributed by atoms with E-state index in [4.69, 9.17) is 4.74 Å². The summed E-state index contributed by atoms with van der Waals surface area (Å²) in [6, 6.07) is 7.12. The van der Waals surface area contributed by atoms with Crippen molar-refractivity contribution >= 4 is 20.7 Å². The van der Waals surface area contributed by atoms with Crippen molar-refractivity contribution in [2.24, 2.45) is 0 Å². The summed E-state index contributed by atoms with van der Waals surface area (Å²) < 4.78 is 28.3. The third-order valence-corrected chi connectivity index (χ3v) is 3.85. The average Bonchev–Trinajstić information content (AvgIpc) is 2.90. The van der Waals surface area contributed by atoms with E-state index in [1.165, 1.54) is 6.20 Å². The van der Waals surface area contributed by atoms with Gasteiger partial charge >= 0.3 is 0 Å². The van der Waals surface area contributed by atoms with E-state index in [0.29, 0.717) is 17.1 Å². The van der Waals surface area contributed by atoms with Gasteiger partial charge in [0.1, 0.15) is 17.0 Å². The van der Waals surface area contributed by atoms with Gasteiger partial charge in [-0.15, -0.1) is 0 Å². The van der Waals surface area contributed by atoms with E-state index in [0.717, 1.165) is 17.2 Å². The summed E-state index contributed by atoms with van der Waals surface area (Å²) in [6.45, 7) is 0. The average molecular weight is 304 g/mol. The number of aromatic nitrogens is 4. The summed E-state index contributed by atoms with van der Waals surface area (Å²) in [4.78, 5) is 7.84. The molecule has 0 aliphatic rings. The molecule has 0 saturated heterocycles. The van der Waals surface area contributed by atoms with Gasteiger partial charge in [-0.25, -0.2) is 18.4 Å². The number of benzene rings is 1. The van der Waals surface area contributed by atoms with Crippen LogP contribution >= 0.6 is 0 Å². The Morgan fingerprint density at radius 2 is 2.05 bits per heavy atom. The molecule has 0 spiro atoms. The zero-order valence-corrected chi connectivity index (χ0v) is 12.2. The van der Waals surface area contributed by atoms with Gasteiger partial charge in [0, 0.05) is 17.8 Å². The van der Waals surface area contributed by atoms with Crippen LogP contribution in [0.1, 0.15) is 0 Å². The lowest BCUT2D eigenvalue weighted by molar-refractivity contribution is 0.419. The molecule has 108 valence electrons. The van der Waals surface area contributed by atoms with Gasteiger partial charge in [0.05, 0.1) is 12.8 Å². The van der Waals surface area contributed by atoms with Crippen molar-refractivity contribution in [3.05, 3.63) is 30.5 Å². The number of hydrogen-bond acceptors (Lipinski definition) is 6. The predicted molar refractivity (Wildman–Crippen MR) is 76.8 cm³/mol. The Bertz CT molecular complexity index is 918. The zero-order valence-electron chi connectivity index (χ0n) is 11.4. The van der Waals surface area contributed by atoms with Crippen LogP contribution in [0.15, 0.2) is 35.6 Å². The Morgan fingerprint density at radius 3 is 2.76 bits per heavy atom. The first-order valence-corrected chi connectivity index (χ1v) is 7.94. The van der Waals surface area contributed by atoms with Crippen molar-refractivity contribution in [2.45, 2.75) is 5.16 Å². The number of hydrogen-bond donors (Lipinski definition) is 1. The second kappa shape index (κ2) is 4.81. The van der Waals surface area contributed by atoms with Crippen LogP contribution in [-0.2, 0) is 9.84 Å². The highest BCUT2D eigenvalue weighted by Gasteiger charge is 2.16. The SMILES string of the molecule is COc1cccc2c(-c3ccnc(S(C)(=O)=O)n3)n[nH]c12. The molecule has 0 amide bonds. The maximum atomic E-state index is 11.5. The van der Waals surface area contributed by atoms with Crippen molar-refractivity contribution in [1.29, 1.82) is 0 Å². The summed E-state index contributed by atoms with van der Waals surface area (Å²) >= 11 is 0. The maximum Gasteiger partial charge on any atom is 0.247 e. The van der Waals surface area contributed by atoms with Crippen LogP contribution < -0.4 is 4.74 Å². The summed E-state index contributed by atoms with van der Waals surface area (Å²) in [5.74, 6) is 0.656. The van der Waals surface area contributed by atoms with Crippen molar-refractivity contribution in [3.63, 3.8) is 0 Å². The Labute approximate surface area is 120 Å². The van der Waals surface area contributed by atoms with Crippen LogP contribution in [0.25, 0.3) is 22.3 Å². The predicted octanol–water partition coefficient (Wildman–Crippen LogP) is 1.43. The molecule has 0 aliphatic heterocycles. The fourth-order valence-electron chi connectivity index (χ4n) is 2.03. The number of rotatable bonds is 3. The first kappa shape index (κ1) is 13.5.